The van der Waals surface area contributed by atoms with Gasteiger partial charge in [-0.2, -0.15) is 5.26 Å². The Hall–Kier alpha value is -3.25. The zero-order chi connectivity index (χ0) is 23.8. The number of alkyl halides is 3. The van der Waals surface area contributed by atoms with E-state index in [2.05, 4.69) is 35.3 Å². The number of carbonyl (C=O) groups is 1. The fraction of sp³-hybridized carbons (Fsp3) is 0.417. The van der Waals surface area contributed by atoms with Crippen molar-refractivity contribution in [3.05, 3.63) is 59.2 Å². The summed E-state index contributed by atoms with van der Waals surface area (Å²) >= 11 is 0. The van der Waals surface area contributed by atoms with Crippen LogP contribution in [0.2, 0.25) is 0 Å². The molecule has 1 amide bonds. The second-order valence-electron chi connectivity index (χ2n) is 9.02. The Morgan fingerprint density at radius 3 is 2.64 bits per heavy atom. The van der Waals surface area contributed by atoms with E-state index in [1.807, 2.05) is 12.1 Å². The molecule has 0 saturated carbocycles. The van der Waals surface area contributed by atoms with Crippen LogP contribution >= 0.6 is 0 Å². The Kier molecular flexibility index (Phi) is 5.97. The van der Waals surface area contributed by atoms with Gasteiger partial charge >= 0.3 is 6.36 Å². The van der Waals surface area contributed by atoms with Gasteiger partial charge in [-0.15, -0.1) is 13.2 Å². The number of nitrogens with zero attached hydrogens (tertiary/aromatic N) is 1. The number of amides is 1. The molecule has 9 heteroatoms. The number of nitrogens with one attached hydrogen (secondary N) is 2. The predicted molar refractivity (Wildman–Crippen MR) is 115 cm³/mol. The molecule has 1 fully saturated rings. The summed E-state index contributed by atoms with van der Waals surface area (Å²) in [6.07, 6.45) is -4.04. The molecule has 2 heterocycles. The third-order valence-electron chi connectivity index (χ3n) is 6.26. The lowest BCUT2D eigenvalue weighted by Gasteiger charge is -2.45. The molecular formula is C24H24F3N3O3. The van der Waals surface area contributed by atoms with Crippen molar-refractivity contribution in [2.45, 2.75) is 38.8 Å². The maximum Gasteiger partial charge on any atom is 0.573 e. The Labute approximate surface area is 189 Å². The minimum atomic E-state index is -4.78. The molecule has 33 heavy (non-hydrogen) atoms. The van der Waals surface area contributed by atoms with E-state index in [1.54, 1.807) is 6.07 Å². The molecule has 0 radical (unpaired) electrons. The molecule has 0 aromatic heterocycles. The molecule has 2 N–H and O–H groups in total. The molecular weight excluding hydrogens is 435 g/mol. The first kappa shape index (κ1) is 22.9. The van der Waals surface area contributed by atoms with Crippen LogP contribution in [-0.4, -0.2) is 31.5 Å². The summed E-state index contributed by atoms with van der Waals surface area (Å²) in [6.45, 7) is 5.07. The molecule has 2 aliphatic heterocycles. The van der Waals surface area contributed by atoms with Crippen LogP contribution in [0, 0.1) is 22.7 Å². The number of ether oxygens (including phenoxy) is 2. The van der Waals surface area contributed by atoms with Crippen LogP contribution in [0.15, 0.2) is 42.5 Å². The van der Waals surface area contributed by atoms with E-state index in [9.17, 15) is 23.2 Å². The van der Waals surface area contributed by atoms with Crippen LogP contribution < -0.4 is 15.4 Å². The zero-order valence-corrected chi connectivity index (χ0v) is 18.2. The summed E-state index contributed by atoms with van der Waals surface area (Å²) in [4.78, 5) is 12.6. The Morgan fingerprint density at radius 2 is 1.97 bits per heavy atom. The van der Waals surface area contributed by atoms with Crippen LogP contribution in [-0.2, 0) is 4.74 Å². The van der Waals surface area contributed by atoms with Gasteiger partial charge in [-0.3, -0.25) is 4.79 Å². The first-order chi connectivity index (χ1) is 15.6. The Morgan fingerprint density at radius 1 is 1.24 bits per heavy atom. The molecule has 0 unspecified atom stereocenters. The highest BCUT2D eigenvalue weighted by Crippen LogP contribution is 2.49. The smallest absolute Gasteiger partial charge is 0.406 e. The number of anilines is 1. The van der Waals surface area contributed by atoms with Gasteiger partial charge in [-0.05, 0) is 48.9 Å². The summed E-state index contributed by atoms with van der Waals surface area (Å²) in [5, 5.41) is 15.7. The highest BCUT2D eigenvalue weighted by Gasteiger charge is 2.47. The van der Waals surface area contributed by atoms with Gasteiger partial charge in [-0.1, -0.05) is 13.8 Å². The molecule has 0 spiro atoms. The number of hydrogen-bond donors (Lipinski definition) is 2. The van der Waals surface area contributed by atoms with Crippen molar-refractivity contribution < 1.29 is 27.4 Å². The van der Waals surface area contributed by atoms with Crippen LogP contribution in [0.25, 0.3) is 0 Å². The van der Waals surface area contributed by atoms with E-state index in [4.69, 9.17) is 4.74 Å². The molecule has 6 nitrogen and oxygen atoms in total. The van der Waals surface area contributed by atoms with Gasteiger partial charge in [0, 0.05) is 47.3 Å². The molecule has 1 saturated heterocycles. The predicted octanol–water partition coefficient (Wildman–Crippen LogP) is 4.78. The maximum absolute atomic E-state index is 12.6. The van der Waals surface area contributed by atoms with Gasteiger partial charge in [-0.25, -0.2) is 0 Å². The van der Waals surface area contributed by atoms with Gasteiger partial charge in [0.25, 0.3) is 5.91 Å². The molecule has 0 bridgehead atoms. The molecule has 0 aliphatic carbocycles. The largest absolute Gasteiger partial charge is 0.573 e. The number of fused-ring (bicyclic) bond motifs is 3. The number of benzene rings is 2. The van der Waals surface area contributed by atoms with E-state index < -0.39 is 6.36 Å². The highest BCUT2D eigenvalue weighted by atomic mass is 19.4. The number of rotatable bonds is 5. The first-order valence-electron chi connectivity index (χ1n) is 10.6. The number of carbonyl (C=O) groups excluding carboxylic acids is 1. The van der Waals surface area contributed by atoms with Crippen LogP contribution in [0.1, 0.15) is 47.9 Å². The lowest BCUT2D eigenvalue weighted by Crippen LogP contribution is -2.51. The van der Waals surface area contributed by atoms with Crippen molar-refractivity contribution in [3.63, 3.8) is 0 Å². The molecule has 174 valence electrons. The van der Waals surface area contributed by atoms with Gasteiger partial charge in [0.15, 0.2) is 0 Å². The quantitative estimate of drug-likeness (QED) is 0.672. The summed E-state index contributed by atoms with van der Waals surface area (Å²) in [7, 11) is 0. The third kappa shape index (κ3) is 4.91. The first-order valence-corrected chi connectivity index (χ1v) is 10.6. The normalized spacial score (nSPS) is 21.9. The molecule has 3 atom stereocenters. The van der Waals surface area contributed by atoms with E-state index in [0.29, 0.717) is 18.7 Å². The van der Waals surface area contributed by atoms with Gasteiger partial charge < -0.3 is 20.1 Å². The second-order valence-corrected chi connectivity index (χ2v) is 9.02. The van der Waals surface area contributed by atoms with Crippen molar-refractivity contribution in [1.29, 1.82) is 5.26 Å². The summed E-state index contributed by atoms with van der Waals surface area (Å²) in [5.41, 5.74) is 2.36. The standard InChI is InChI=1S/C24H24F3N3O3/c1-23(2,13-29-22(31)15-4-6-16(7-5-15)33-24(25,26)27)21-17-9-10-32-20(17)18-11-14(12-28)3-8-19(18)30-21/h3-8,11,17,20-21,30H,9-10,13H2,1-2H3,(H,29,31)/t17-,20+,21+/m1/s1. The molecule has 2 aromatic carbocycles. The minimum absolute atomic E-state index is 0.00768. The molecule has 2 aliphatic rings. The highest BCUT2D eigenvalue weighted by molar-refractivity contribution is 5.94. The van der Waals surface area contributed by atoms with Crippen LogP contribution in [0.4, 0.5) is 18.9 Å². The summed E-state index contributed by atoms with van der Waals surface area (Å²) < 4.78 is 46.8. The van der Waals surface area contributed by atoms with Gasteiger partial charge in [0.05, 0.1) is 17.7 Å². The van der Waals surface area contributed by atoms with Gasteiger partial charge in [0.2, 0.25) is 0 Å². The minimum Gasteiger partial charge on any atom is -0.406 e. The van der Waals surface area contributed by atoms with Crippen molar-refractivity contribution in [2.75, 3.05) is 18.5 Å². The third-order valence-corrected chi connectivity index (χ3v) is 6.26. The van der Waals surface area contributed by atoms with Crippen molar-refractivity contribution in [3.8, 4) is 11.8 Å². The fourth-order valence-corrected chi connectivity index (χ4v) is 4.64. The number of hydrogen-bond acceptors (Lipinski definition) is 5. The fourth-order valence-electron chi connectivity index (χ4n) is 4.64. The molecule has 4 rings (SSSR count). The van der Waals surface area contributed by atoms with Crippen molar-refractivity contribution in [2.24, 2.45) is 11.3 Å². The summed E-state index contributed by atoms with van der Waals surface area (Å²) in [6, 6.07) is 12.5. The van der Waals surface area contributed by atoms with Crippen LogP contribution in [0.5, 0.6) is 5.75 Å². The zero-order valence-electron chi connectivity index (χ0n) is 18.2. The van der Waals surface area contributed by atoms with Crippen molar-refractivity contribution in [1.82, 2.24) is 5.32 Å². The molecule has 2 aromatic rings. The average molecular weight is 459 g/mol. The maximum atomic E-state index is 12.6. The summed E-state index contributed by atoms with van der Waals surface area (Å²) in [5.74, 6) is -0.579. The van der Waals surface area contributed by atoms with E-state index >= 15 is 0 Å². The Balaban J connectivity index is 1.45. The lowest BCUT2D eigenvalue weighted by molar-refractivity contribution is -0.274. The van der Waals surface area contributed by atoms with E-state index in [0.717, 1.165) is 29.8 Å². The lowest BCUT2D eigenvalue weighted by atomic mass is 9.71. The SMILES string of the molecule is CC(C)(CNC(=O)c1ccc(OC(F)(F)F)cc1)[C@H]1Nc2ccc(C#N)cc2[C@H]2OCC[C@H]21. The Bertz CT molecular complexity index is 1080. The van der Waals surface area contributed by atoms with E-state index in [1.165, 1.54) is 12.1 Å². The number of halogens is 3. The van der Waals surface area contributed by atoms with E-state index in [-0.39, 0.29) is 40.7 Å². The monoisotopic (exact) mass is 459 g/mol. The number of nitriles is 1. The topological polar surface area (TPSA) is 83.4 Å². The average Bonchev–Trinajstić information content (AvgIpc) is 3.26. The van der Waals surface area contributed by atoms with Gasteiger partial charge in [0.1, 0.15) is 5.75 Å². The second kappa shape index (κ2) is 8.60. The van der Waals surface area contributed by atoms with Crippen molar-refractivity contribution >= 4 is 11.6 Å². The van der Waals surface area contributed by atoms with Crippen LogP contribution in [0.3, 0.4) is 0 Å².